The van der Waals surface area contributed by atoms with Gasteiger partial charge in [0.2, 0.25) is 0 Å². The van der Waals surface area contributed by atoms with Gasteiger partial charge in [-0.15, -0.1) is 0 Å². The van der Waals surface area contributed by atoms with Gasteiger partial charge < -0.3 is 0 Å². The average Bonchev–Trinajstić information content (AvgIpc) is 2.55. The minimum Gasteiger partial charge on any atom is -0.278 e. The Morgan fingerprint density at radius 2 is 1.74 bits per heavy atom. The van der Waals surface area contributed by atoms with E-state index < -0.39 is 23.7 Å². The Labute approximate surface area is 113 Å². The number of amides is 2. The third-order valence-corrected chi connectivity index (χ3v) is 3.56. The molecule has 1 aliphatic rings. The molecule has 0 saturated carbocycles. The van der Waals surface area contributed by atoms with Gasteiger partial charge in [0.15, 0.2) is 0 Å². The molecule has 2 rings (SSSR count). The number of nitrogens with zero attached hydrogens (tertiary/aromatic N) is 1. The predicted octanol–water partition coefficient (Wildman–Crippen LogP) is 2.50. The van der Waals surface area contributed by atoms with E-state index in [9.17, 15) is 14.8 Å². The lowest BCUT2D eigenvalue weighted by atomic mass is 9.83. The fourth-order valence-corrected chi connectivity index (χ4v) is 2.61. The number of imide groups is 1. The van der Waals surface area contributed by atoms with Crippen LogP contribution in [0.1, 0.15) is 37.3 Å². The van der Waals surface area contributed by atoms with E-state index in [2.05, 4.69) is 0 Å². The summed E-state index contributed by atoms with van der Waals surface area (Å²) in [6, 6.07) is 7.55. The van der Waals surface area contributed by atoms with E-state index in [4.69, 9.17) is 0 Å². The summed E-state index contributed by atoms with van der Waals surface area (Å²) in [7, 11) is 0. The van der Waals surface area contributed by atoms with Gasteiger partial charge in [0.05, 0.1) is 11.8 Å². The molecule has 1 aliphatic heterocycles. The summed E-state index contributed by atoms with van der Waals surface area (Å²) in [5, 5.41) is 9.86. The maximum atomic E-state index is 12.0. The number of carbonyl (C=O) groups excluding carboxylic acids is 2. The Balaban J connectivity index is 2.36. The first-order valence-corrected chi connectivity index (χ1v) is 6.55. The maximum absolute atomic E-state index is 12.0. The van der Waals surface area contributed by atoms with Gasteiger partial charge in [0, 0.05) is 0 Å². The molecule has 4 nitrogen and oxygen atoms in total. The molecular formula is C15H19NO3. The lowest BCUT2D eigenvalue weighted by Crippen LogP contribution is -2.27. The van der Waals surface area contributed by atoms with E-state index in [1.54, 1.807) is 0 Å². The number of hydrogen-bond donors (Lipinski definition) is 1. The standard InChI is InChI=1S/C15H19NO3/c1-9(2)8-12-13(15(18)16(19)14(12)17)11-6-4-10(3)5-7-11/h4-7,9,12-13,19H,8H2,1-3H3/t12-,13-/m1/s1. The predicted molar refractivity (Wildman–Crippen MR) is 70.5 cm³/mol. The van der Waals surface area contributed by atoms with Crippen LogP contribution in [0.2, 0.25) is 0 Å². The number of benzene rings is 1. The quantitative estimate of drug-likeness (QED) is 0.672. The van der Waals surface area contributed by atoms with Crippen LogP contribution in [-0.4, -0.2) is 22.1 Å². The number of hydrogen-bond acceptors (Lipinski definition) is 3. The molecule has 2 atom stereocenters. The van der Waals surface area contributed by atoms with Gasteiger partial charge in [-0.2, -0.15) is 5.06 Å². The van der Waals surface area contributed by atoms with Gasteiger partial charge in [-0.1, -0.05) is 43.7 Å². The zero-order valence-electron chi connectivity index (χ0n) is 11.5. The van der Waals surface area contributed by atoms with Crippen LogP contribution >= 0.6 is 0 Å². The van der Waals surface area contributed by atoms with Crippen molar-refractivity contribution >= 4 is 11.8 Å². The van der Waals surface area contributed by atoms with E-state index in [0.717, 1.165) is 11.1 Å². The zero-order chi connectivity index (χ0) is 14.2. The lowest BCUT2D eigenvalue weighted by molar-refractivity contribution is -0.172. The highest BCUT2D eigenvalue weighted by Crippen LogP contribution is 2.37. The Morgan fingerprint density at radius 1 is 1.16 bits per heavy atom. The second-order valence-electron chi connectivity index (χ2n) is 5.61. The van der Waals surface area contributed by atoms with Gasteiger partial charge in [-0.05, 0) is 24.8 Å². The second kappa shape index (κ2) is 5.13. The van der Waals surface area contributed by atoms with Gasteiger partial charge in [-0.25, -0.2) is 0 Å². The van der Waals surface area contributed by atoms with Crippen LogP contribution in [0.15, 0.2) is 24.3 Å². The normalized spacial score (nSPS) is 23.5. The SMILES string of the molecule is Cc1ccc([C@H]2C(=O)N(O)C(=O)[C@@H]2CC(C)C)cc1. The van der Waals surface area contributed by atoms with E-state index in [1.807, 2.05) is 45.0 Å². The molecule has 102 valence electrons. The summed E-state index contributed by atoms with van der Waals surface area (Å²) in [5.74, 6) is -1.72. The first kappa shape index (κ1) is 13.7. The smallest absolute Gasteiger partial charge is 0.261 e. The number of rotatable bonds is 3. The van der Waals surface area contributed by atoms with Crippen molar-refractivity contribution in [2.75, 3.05) is 0 Å². The first-order chi connectivity index (χ1) is 8.91. The summed E-state index contributed by atoms with van der Waals surface area (Å²) in [5.41, 5.74) is 1.90. The Hall–Kier alpha value is -1.68. The van der Waals surface area contributed by atoms with E-state index in [-0.39, 0.29) is 5.06 Å². The molecule has 0 radical (unpaired) electrons. The average molecular weight is 261 g/mol. The number of carbonyl (C=O) groups is 2. The summed E-state index contributed by atoms with van der Waals surface area (Å²) in [4.78, 5) is 24.0. The number of hydroxylamine groups is 2. The van der Waals surface area contributed by atoms with E-state index in [1.165, 1.54) is 0 Å². The largest absolute Gasteiger partial charge is 0.278 e. The van der Waals surface area contributed by atoms with Gasteiger partial charge >= 0.3 is 0 Å². The van der Waals surface area contributed by atoms with Crippen molar-refractivity contribution < 1.29 is 14.8 Å². The molecule has 0 aliphatic carbocycles. The Kier molecular flexibility index (Phi) is 3.71. The molecule has 1 heterocycles. The van der Waals surface area contributed by atoms with Crippen molar-refractivity contribution in [2.24, 2.45) is 11.8 Å². The molecule has 19 heavy (non-hydrogen) atoms. The third kappa shape index (κ3) is 2.54. The summed E-state index contributed by atoms with van der Waals surface area (Å²) in [6.07, 6.45) is 0.597. The van der Waals surface area contributed by atoms with Gasteiger partial charge in [-0.3, -0.25) is 14.8 Å². The number of aryl methyl sites for hydroxylation is 1. The fraction of sp³-hybridized carbons (Fsp3) is 0.467. The Morgan fingerprint density at radius 3 is 2.26 bits per heavy atom. The highest BCUT2D eigenvalue weighted by Gasteiger charge is 2.48. The van der Waals surface area contributed by atoms with Crippen molar-refractivity contribution in [1.82, 2.24) is 5.06 Å². The molecular weight excluding hydrogens is 242 g/mol. The van der Waals surface area contributed by atoms with Crippen molar-refractivity contribution in [3.63, 3.8) is 0 Å². The maximum Gasteiger partial charge on any atom is 0.261 e. The summed E-state index contributed by atoms with van der Waals surface area (Å²) < 4.78 is 0. The minimum atomic E-state index is -0.555. The fourth-order valence-electron chi connectivity index (χ4n) is 2.61. The first-order valence-electron chi connectivity index (χ1n) is 6.55. The third-order valence-electron chi connectivity index (χ3n) is 3.56. The van der Waals surface area contributed by atoms with Crippen molar-refractivity contribution in [1.29, 1.82) is 0 Å². The van der Waals surface area contributed by atoms with Crippen LogP contribution < -0.4 is 0 Å². The van der Waals surface area contributed by atoms with E-state index >= 15 is 0 Å². The van der Waals surface area contributed by atoms with Crippen LogP contribution in [0.3, 0.4) is 0 Å². The van der Waals surface area contributed by atoms with Crippen LogP contribution in [0.5, 0.6) is 0 Å². The molecule has 1 N–H and O–H groups in total. The lowest BCUT2D eigenvalue weighted by Gasteiger charge is -2.17. The molecule has 4 heteroatoms. The summed E-state index contributed by atoms with van der Waals surface area (Å²) in [6.45, 7) is 5.98. The molecule has 1 aromatic carbocycles. The highest BCUT2D eigenvalue weighted by molar-refractivity contribution is 6.06. The van der Waals surface area contributed by atoms with E-state index in [0.29, 0.717) is 12.3 Å². The van der Waals surface area contributed by atoms with Crippen LogP contribution in [0.25, 0.3) is 0 Å². The zero-order valence-corrected chi connectivity index (χ0v) is 11.5. The molecule has 1 saturated heterocycles. The van der Waals surface area contributed by atoms with Crippen LogP contribution in [0.4, 0.5) is 0 Å². The second-order valence-corrected chi connectivity index (χ2v) is 5.61. The Bertz CT molecular complexity index is 493. The molecule has 0 aromatic heterocycles. The van der Waals surface area contributed by atoms with Crippen LogP contribution in [0, 0.1) is 18.8 Å². The molecule has 2 amide bonds. The van der Waals surface area contributed by atoms with Crippen LogP contribution in [-0.2, 0) is 9.59 Å². The molecule has 0 spiro atoms. The summed E-state index contributed by atoms with van der Waals surface area (Å²) >= 11 is 0. The molecule has 1 fully saturated rings. The molecule has 0 unspecified atom stereocenters. The minimum absolute atomic E-state index is 0.289. The van der Waals surface area contributed by atoms with Gasteiger partial charge in [0.25, 0.3) is 11.8 Å². The van der Waals surface area contributed by atoms with Gasteiger partial charge in [0.1, 0.15) is 0 Å². The van der Waals surface area contributed by atoms with Crippen molar-refractivity contribution in [2.45, 2.75) is 33.1 Å². The van der Waals surface area contributed by atoms with Crippen molar-refractivity contribution in [3.8, 4) is 0 Å². The molecule has 1 aromatic rings. The monoisotopic (exact) mass is 261 g/mol. The molecule has 0 bridgehead atoms. The van der Waals surface area contributed by atoms with Crippen molar-refractivity contribution in [3.05, 3.63) is 35.4 Å². The highest BCUT2D eigenvalue weighted by atomic mass is 16.5. The topological polar surface area (TPSA) is 57.6 Å².